The monoisotopic (exact) mass is 355 g/mol. The van der Waals surface area contributed by atoms with Crippen LogP contribution >= 0.6 is 34.8 Å². The predicted molar refractivity (Wildman–Crippen MR) is 78.1 cm³/mol. The first kappa shape index (κ1) is 17.7. The second-order valence-corrected chi connectivity index (χ2v) is 6.40. The molecule has 9 heteroatoms. The summed E-state index contributed by atoms with van der Waals surface area (Å²) in [5.41, 5.74) is 0.313. The Hall–Kier alpha value is -1.37. The quantitative estimate of drug-likeness (QED) is 0.792. The smallest absolute Gasteiger partial charge is 0.408 e. The van der Waals surface area contributed by atoms with Crippen molar-refractivity contribution in [3.63, 3.8) is 0 Å². The largest absolute Gasteiger partial charge is 0.497 e. The third kappa shape index (κ3) is 6.29. The number of carboxylic acids is 1. The highest BCUT2D eigenvalue weighted by atomic mass is 35.6. The number of alkyl halides is 3. The van der Waals surface area contributed by atoms with Gasteiger partial charge in [-0.25, -0.2) is 9.59 Å². The maximum absolute atomic E-state index is 11.5. The number of carbonyl (C=O) groups excluding carboxylic acids is 1. The Morgan fingerprint density at radius 3 is 2.57 bits per heavy atom. The molecule has 0 unspecified atom stereocenters. The van der Waals surface area contributed by atoms with Gasteiger partial charge in [-0.2, -0.15) is 0 Å². The number of hydrogen-bond donors (Lipinski definition) is 2. The Kier molecular flexibility index (Phi) is 6.39. The number of carboxylic acid groups (broad SMARTS) is 1. The molecule has 2 N–H and O–H groups in total. The Bertz CT molecular complexity index is 518. The van der Waals surface area contributed by atoms with Crippen LogP contribution in [0, 0.1) is 0 Å². The number of halogens is 3. The van der Waals surface area contributed by atoms with Gasteiger partial charge in [-0.1, -0.05) is 46.9 Å². The number of benzene rings is 1. The summed E-state index contributed by atoms with van der Waals surface area (Å²) in [7, 11) is 1.44. The number of rotatable bonds is 5. The van der Waals surface area contributed by atoms with Crippen LogP contribution < -0.4 is 10.1 Å². The fourth-order valence-corrected chi connectivity index (χ4v) is 1.58. The predicted octanol–water partition coefficient (Wildman–Crippen LogP) is 2.92. The Labute approximate surface area is 135 Å². The minimum absolute atomic E-state index is 0.313. The van der Waals surface area contributed by atoms with E-state index in [1.165, 1.54) is 19.2 Å². The molecular formula is C12H12Cl3NO5. The highest BCUT2D eigenvalue weighted by Gasteiger charge is 2.26. The molecule has 0 spiro atoms. The molecule has 0 bridgehead atoms. The van der Waals surface area contributed by atoms with Crippen molar-refractivity contribution in [1.29, 1.82) is 0 Å². The van der Waals surface area contributed by atoms with Gasteiger partial charge >= 0.3 is 12.1 Å². The van der Waals surface area contributed by atoms with Gasteiger partial charge in [0.15, 0.2) is 6.04 Å². The number of nitrogens with one attached hydrogen (secondary N) is 1. The molecule has 6 nitrogen and oxygen atoms in total. The molecule has 0 aromatic heterocycles. The Balaban J connectivity index is 2.78. The number of hydrogen-bond acceptors (Lipinski definition) is 4. The van der Waals surface area contributed by atoms with Crippen molar-refractivity contribution in [3.8, 4) is 5.75 Å². The molecule has 0 saturated carbocycles. The molecule has 21 heavy (non-hydrogen) atoms. The molecule has 1 aromatic carbocycles. The third-order valence-electron chi connectivity index (χ3n) is 2.30. The highest BCUT2D eigenvalue weighted by molar-refractivity contribution is 6.67. The summed E-state index contributed by atoms with van der Waals surface area (Å²) in [5, 5.41) is 11.3. The maximum atomic E-state index is 11.5. The summed E-state index contributed by atoms with van der Waals surface area (Å²) in [6, 6.07) is 4.93. The van der Waals surface area contributed by atoms with Gasteiger partial charge in [0.25, 0.3) is 0 Å². The van der Waals surface area contributed by atoms with E-state index >= 15 is 0 Å². The SMILES string of the molecule is COc1cccc([C@@H](NC(=O)OCC(Cl)(Cl)Cl)C(=O)O)c1. The lowest BCUT2D eigenvalue weighted by Crippen LogP contribution is -2.35. The van der Waals surface area contributed by atoms with E-state index in [1.54, 1.807) is 12.1 Å². The van der Waals surface area contributed by atoms with Crippen molar-refractivity contribution in [2.75, 3.05) is 13.7 Å². The third-order valence-corrected chi connectivity index (χ3v) is 2.63. The maximum Gasteiger partial charge on any atom is 0.408 e. The fraction of sp³-hybridized carbons (Fsp3) is 0.333. The second-order valence-electron chi connectivity index (χ2n) is 3.88. The average molecular weight is 357 g/mol. The lowest BCUT2D eigenvalue weighted by molar-refractivity contribution is -0.139. The van der Waals surface area contributed by atoms with Gasteiger partial charge < -0.3 is 19.9 Å². The van der Waals surface area contributed by atoms with Crippen molar-refractivity contribution in [2.24, 2.45) is 0 Å². The zero-order valence-corrected chi connectivity index (χ0v) is 13.1. The molecule has 1 rings (SSSR count). The van der Waals surface area contributed by atoms with Gasteiger partial charge in [0.2, 0.25) is 3.79 Å². The van der Waals surface area contributed by atoms with Crippen LogP contribution in [0.1, 0.15) is 11.6 Å². The number of methoxy groups -OCH3 is 1. The number of amides is 1. The van der Waals surface area contributed by atoms with E-state index in [0.717, 1.165) is 0 Å². The van der Waals surface area contributed by atoms with E-state index in [-0.39, 0.29) is 0 Å². The van der Waals surface area contributed by atoms with Crippen molar-refractivity contribution >= 4 is 46.9 Å². The zero-order chi connectivity index (χ0) is 16.0. The minimum Gasteiger partial charge on any atom is -0.497 e. The molecule has 0 fully saturated rings. The summed E-state index contributed by atoms with van der Waals surface area (Å²) in [5.74, 6) is -0.815. The van der Waals surface area contributed by atoms with E-state index in [4.69, 9.17) is 39.5 Å². The van der Waals surface area contributed by atoms with Crippen molar-refractivity contribution in [2.45, 2.75) is 9.83 Å². The summed E-state index contributed by atoms with van der Waals surface area (Å²) in [6.07, 6.45) is -1.02. The first-order valence-corrected chi connectivity index (χ1v) is 6.73. The number of carbonyl (C=O) groups is 2. The van der Waals surface area contributed by atoms with E-state index in [2.05, 4.69) is 10.1 Å². The van der Waals surface area contributed by atoms with Gasteiger partial charge in [0.05, 0.1) is 7.11 Å². The van der Waals surface area contributed by atoms with E-state index in [9.17, 15) is 14.7 Å². The van der Waals surface area contributed by atoms with Crippen LogP contribution in [0.15, 0.2) is 24.3 Å². The van der Waals surface area contributed by atoms with Gasteiger partial charge in [-0.15, -0.1) is 0 Å². The van der Waals surface area contributed by atoms with Gasteiger partial charge in [-0.3, -0.25) is 0 Å². The number of ether oxygens (including phenoxy) is 2. The molecule has 1 atom stereocenters. The normalized spacial score (nSPS) is 12.4. The molecular weight excluding hydrogens is 344 g/mol. The van der Waals surface area contributed by atoms with Crippen molar-refractivity contribution < 1.29 is 24.2 Å². The van der Waals surface area contributed by atoms with Crippen molar-refractivity contribution in [1.82, 2.24) is 5.32 Å². The standard InChI is InChI=1S/C12H12Cl3NO5/c1-20-8-4-2-3-7(5-8)9(10(17)18)16-11(19)21-6-12(13,14)15/h2-5,9H,6H2,1H3,(H,16,19)(H,17,18)/t9-/m1/s1. The van der Waals surface area contributed by atoms with Crippen LogP contribution in [-0.2, 0) is 9.53 Å². The Morgan fingerprint density at radius 1 is 1.38 bits per heavy atom. The van der Waals surface area contributed by atoms with Crippen LogP contribution in [0.25, 0.3) is 0 Å². The molecule has 0 radical (unpaired) electrons. The van der Waals surface area contributed by atoms with Gasteiger partial charge in [-0.05, 0) is 17.7 Å². The van der Waals surface area contributed by atoms with Crippen LogP contribution in [0.3, 0.4) is 0 Å². The van der Waals surface area contributed by atoms with Crippen LogP contribution in [0.4, 0.5) is 4.79 Å². The Morgan fingerprint density at radius 2 is 2.05 bits per heavy atom. The van der Waals surface area contributed by atoms with Crippen LogP contribution in [0.5, 0.6) is 5.75 Å². The van der Waals surface area contributed by atoms with Gasteiger partial charge in [0, 0.05) is 0 Å². The topological polar surface area (TPSA) is 84.9 Å². The van der Waals surface area contributed by atoms with Crippen LogP contribution in [0.2, 0.25) is 0 Å². The summed E-state index contributed by atoms with van der Waals surface area (Å²) in [4.78, 5) is 22.8. The first-order chi connectivity index (χ1) is 9.73. The molecule has 0 heterocycles. The zero-order valence-electron chi connectivity index (χ0n) is 10.8. The number of alkyl carbamates (subject to hydrolysis) is 1. The molecule has 0 aliphatic rings. The lowest BCUT2D eigenvalue weighted by Gasteiger charge is -2.17. The highest BCUT2D eigenvalue weighted by Crippen LogP contribution is 2.26. The second kappa shape index (κ2) is 7.59. The molecule has 116 valence electrons. The molecule has 1 aromatic rings. The minimum atomic E-state index is -1.77. The molecule has 0 saturated heterocycles. The average Bonchev–Trinajstić information content (AvgIpc) is 2.41. The van der Waals surface area contributed by atoms with Crippen molar-refractivity contribution in [3.05, 3.63) is 29.8 Å². The fourth-order valence-electron chi connectivity index (χ4n) is 1.42. The molecule has 0 aliphatic heterocycles. The molecule has 1 amide bonds. The van der Waals surface area contributed by atoms with E-state index in [0.29, 0.717) is 11.3 Å². The van der Waals surface area contributed by atoms with Crippen LogP contribution in [-0.4, -0.2) is 34.7 Å². The van der Waals surface area contributed by atoms with Gasteiger partial charge in [0.1, 0.15) is 12.4 Å². The lowest BCUT2D eigenvalue weighted by atomic mass is 10.1. The summed E-state index contributed by atoms with van der Waals surface area (Å²) < 4.78 is 7.85. The first-order valence-electron chi connectivity index (χ1n) is 5.59. The summed E-state index contributed by atoms with van der Waals surface area (Å²) in [6.45, 7) is -0.506. The van der Waals surface area contributed by atoms with E-state index < -0.39 is 28.5 Å². The van der Waals surface area contributed by atoms with E-state index in [1.807, 2.05) is 0 Å². The molecule has 0 aliphatic carbocycles. The summed E-state index contributed by atoms with van der Waals surface area (Å²) >= 11 is 16.3. The number of aliphatic carboxylic acids is 1.